The average Bonchev–Trinajstić information content (AvgIpc) is 2.86. The highest BCUT2D eigenvalue weighted by Gasteiger charge is 2.22. The third-order valence-electron chi connectivity index (χ3n) is 5.94. The van der Waals surface area contributed by atoms with Crippen LogP contribution in [0.1, 0.15) is 28.8 Å². The number of hydrogen-bond donors (Lipinski definition) is 2. The van der Waals surface area contributed by atoms with Gasteiger partial charge in [-0.1, -0.05) is 42.5 Å². The van der Waals surface area contributed by atoms with Crippen molar-refractivity contribution < 1.29 is 17.9 Å². The molecule has 0 bridgehead atoms. The van der Waals surface area contributed by atoms with Crippen molar-refractivity contribution >= 4 is 21.6 Å². The number of para-hydroxylation sites is 1. The molecule has 3 aromatic carbocycles. The molecular weight excluding hydrogens is 450 g/mol. The lowest BCUT2D eigenvalue weighted by molar-refractivity contribution is 0.0908. The van der Waals surface area contributed by atoms with Gasteiger partial charge in [-0.25, -0.2) is 8.42 Å². The quantitative estimate of drug-likeness (QED) is 0.512. The Morgan fingerprint density at radius 3 is 2.41 bits per heavy atom. The number of benzene rings is 3. The lowest BCUT2D eigenvalue weighted by atomic mass is 10.0. The van der Waals surface area contributed by atoms with Gasteiger partial charge in [-0.05, 0) is 49.2 Å². The molecule has 1 aliphatic heterocycles. The fourth-order valence-corrected chi connectivity index (χ4v) is 5.19. The lowest BCUT2D eigenvalue weighted by Crippen LogP contribution is -2.44. The third kappa shape index (κ3) is 5.95. The number of hydrogen-bond acceptors (Lipinski definition) is 5. The predicted molar refractivity (Wildman–Crippen MR) is 132 cm³/mol. The minimum Gasteiger partial charge on any atom is -0.496 e. The minimum atomic E-state index is -3.72. The number of amides is 1. The van der Waals surface area contributed by atoms with Crippen LogP contribution in [-0.2, 0) is 16.6 Å². The van der Waals surface area contributed by atoms with E-state index >= 15 is 0 Å². The number of anilines is 1. The molecule has 1 amide bonds. The molecule has 0 aliphatic carbocycles. The van der Waals surface area contributed by atoms with Crippen molar-refractivity contribution in [3.63, 3.8) is 0 Å². The summed E-state index contributed by atoms with van der Waals surface area (Å²) in [5.74, 6) is 0.685. The summed E-state index contributed by atoms with van der Waals surface area (Å²) in [5.41, 5.74) is 1.93. The predicted octanol–water partition coefficient (Wildman–Crippen LogP) is 3.89. The van der Waals surface area contributed by atoms with Gasteiger partial charge in [-0.15, -0.1) is 0 Å². The highest BCUT2D eigenvalue weighted by molar-refractivity contribution is 7.92. The van der Waals surface area contributed by atoms with Crippen molar-refractivity contribution in [1.29, 1.82) is 0 Å². The number of carbonyl (C=O) groups is 1. The van der Waals surface area contributed by atoms with Crippen LogP contribution in [-0.4, -0.2) is 45.5 Å². The van der Waals surface area contributed by atoms with Gasteiger partial charge in [0.2, 0.25) is 0 Å². The smallest absolute Gasteiger partial charge is 0.261 e. The van der Waals surface area contributed by atoms with Crippen molar-refractivity contribution in [3.05, 3.63) is 90.0 Å². The third-order valence-corrected chi connectivity index (χ3v) is 7.34. The molecule has 8 heteroatoms. The van der Waals surface area contributed by atoms with E-state index in [1.165, 1.54) is 12.1 Å². The van der Waals surface area contributed by atoms with Crippen LogP contribution in [0.3, 0.4) is 0 Å². The van der Waals surface area contributed by atoms with E-state index in [2.05, 4.69) is 21.0 Å². The number of sulfonamides is 1. The van der Waals surface area contributed by atoms with Gasteiger partial charge in [0.15, 0.2) is 0 Å². The highest BCUT2D eigenvalue weighted by atomic mass is 32.2. The average molecular weight is 480 g/mol. The molecule has 1 saturated heterocycles. The molecule has 0 spiro atoms. The van der Waals surface area contributed by atoms with Crippen molar-refractivity contribution in [3.8, 4) is 5.75 Å². The second-order valence-corrected chi connectivity index (χ2v) is 10.0. The summed E-state index contributed by atoms with van der Waals surface area (Å²) in [6.45, 7) is 2.56. The van der Waals surface area contributed by atoms with Crippen molar-refractivity contribution in [2.24, 2.45) is 0 Å². The molecule has 0 radical (unpaired) electrons. The zero-order valence-electron chi connectivity index (χ0n) is 19.1. The van der Waals surface area contributed by atoms with Gasteiger partial charge in [-0.3, -0.25) is 14.4 Å². The molecule has 34 heavy (non-hydrogen) atoms. The first-order valence-electron chi connectivity index (χ1n) is 11.3. The molecule has 178 valence electrons. The molecule has 0 atom stereocenters. The van der Waals surface area contributed by atoms with Crippen LogP contribution in [0, 0.1) is 0 Å². The fraction of sp³-hybridized carbons (Fsp3) is 0.269. The van der Waals surface area contributed by atoms with Crippen LogP contribution in [0.5, 0.6) is 5.75 Å². The summed E-state index contributed by atoms with van der Waals surface area (Å²) in [5, 5.41) is 3.10. The highest BCUT2D eigenvalue weighted by Crippen LogP contribution is 2.22. The Morgan fingerprint density at radius 2 is 1.68 bits per heavy atom. The van der Waals surface area contributed by atoms with E-state index in [0.29, 0.717) is 11.3 Å². The van der Waals surface area contributed by atoms with Crippen LogP contribution >= 0.6 is 0 Å². The van der Waals surface area contributed by atoms with Gasteiger partial charge < -0.3 is 10.1 Å². The van der Waals surface area contributed by atoms with Gasteiger partial charge in [0.25, 0.3) is 15.9 Å². The molecule has 1 heterocycles. The zero-order chi connectivity index (χ0) is 24.0. The molecule has 0 unspecified atom stereocenters. The van der Waals surface area contributed by atoms with E-state index in [1.54, 1.807) is 49.6 Å². The number of nitrogens with zero attached hydrogens (tertiary/aromatic N) is 1. The second kappa shape index (κ2) is 10.7. The number of ether oxygens (including phenoxy) is 1. The molecular formula is C26H29N3O4S. The van der Waals surface area contributed by atoms with Crippen molar-refractivity contribution in [2.75, 3.05) is 24.9 Å². The maximum Gasteiger partial charge on any atom is 0.261 e. The fourth-order valence-electron chi connectivity index (χ4n) is 4.12. The molecule has 2 N–H and O–H groups in total. The number of nitrogens with one attached hydrogen (secondary N) is 2. The number of carbonyl (C=O) groups excluding carboxylic acids is 1. The van der Waals surface area contributed by atoms with E-state index in [-0.39, 0.29) is 16.8 Å². The minimum absolute atomic E-state index is 0.0751. The Labute approximate surface area is 200 Å². The zero-order valence-corrected chi connectivity index (χ0v) is 19.9. The van der Waals surface area contributed by atoms with E-state index in [9.17, 15) is 13.2 Å². The van der Waals surface area contributed by atoms with Crippen LogP contribution in [0.15, 0.2) is 83.8 Å². The van der Waals surface area contributed by atoms with Crippen LogP contribution in [0.4, 0.5) is 5.69 Å². The molecule has 1 aliphatic rings. The summed E-state index contributed by atoms with van der Waals surface area (Å²) in [4.78, 5) is 15.4. The van der Waals surface area contributed by atoms with E-state index in [0.717, 1.165) is 43.8 Å². The maximum absolute atomic E-state index is 12.8. The Morgan fingerprint density at radius 1 is 0.971 bits per heavy atom. The summed E-state index contributed by atoms with van der Waals surface area (Å²) in [6.07, 6.45) is 1.70. The van der Waals surface area contributed by atoms with Gasteiger partial charge in [0, 0.05) is 42.5 Å². The first-order chi connectivity index (χ1) is 16.4. The van der Waals surface area contributed by atoms with Gasteiger partial charge in [-0.2, -0.15) is 0 Å². The SMILES string of the molecule is COc1ccccc1CN1CCC(NC(=O)c2cccc(NS(=O)(=O)c3ccccc3)c2)CC1. The molecule has 3 aromatic rings. The van der Waals surface area contributed by atoms with Crippen molar-refractivity contribution in [1.82, 2.24) is 10.2 Å². The number of methoxy groups -OCH3 is 1. The van der Waals surface area contributed by atoms with E-state index in [1.807, 2.05) is 18.2 Å². The monoisotopic (exact) mass is 479 g/mol. The lowest BCUT2D eigenvalue weighted by Gasteiger charge is -2.32. The normalized spacial score (nSPS) is 15.0. The topological polar surface area (TPSA) is 87.7 Å². The van der Waals surface area contributed by atoms with E-state index in [4.69, 9.17) is 4.74 Å². The van der Waals surface area contributed by atoms with Gasteiger partial charge in [0.1, 0.15) is 5.75 Å². The molecule has 7 nitrogen and oxygen atoms in total. The molecule has 0 saturated carbocycles. The molecule has 4 rings (SSSR count). The van der Waals surface area contributed by atoms with E-state index < -0.39 is 10.0 Å². The molecule has 0 aromatic heterocycles. The molecule has 1 fully saturated rings. The number of rotatable bonds is 8. The summed E-state index contributed by atoms with van der Waals surface area (Å²) < 4.78 is 33.2. The first kappa shape index (κ1) is 23.8. The maximum atomic E-state index is 12.8. The first-order valence-corrected chi connectivity index (χ1v) is 12.8. The largest absolute Gasteiger partial charge is 0.496 e. The standard InChI is InChI=1S/C26H29N3O4S/c1-33-25-13-6-5-8-21(25)19-29-16-14-22(15-17-29)27-26(30)20-9-7-10-23(18-20)28-34(31,32)24-11-3-2-4-12-24/h2-13,18,22,28H,14-17,19H2,1H3,(H,27,30). The van der Waals surface area contributed by atoms with Crippen LogP contribution < -0.4 is 14.8 Å². The van der Waals surface area contributed by atoms with Crippen LogP contribution in [0.25, 0.3) is 0 Å². The number of likely N-dealkylation sites (tertiary alicyclic amines) is 1. The Bertz CT molecular complexity index is 1220. The second-order valence-electron chi connectivity index (χ2n) is 8.34. The van der Waals surface area contributed by atoms with Crippen LogP contribution in [0.2, 0.25) is 0 Å². The summed E-state index contributed by atoms with van der Waals surface area (Å²) in [7, 11) is -2.03. The Balaban J connectivity index is 1.32. The Kier molecular flexibility index (Phi) is 7.49. The Hall–Kier alpha value is -3.36. The summed E-state index contributed by atoms with van der Waals surface area (Å²) in [6, 6.07) is 22.8. The number of piperidine rings is 1. The van der Waals surface area contributed by atoms with Gasteiger partial charge >= 0.3 is 0 Å². The van der Waals surface area contributed by atoms with Gasteiger partial charge in [0.05, 0.1) is 12.0 Å². The summed E-state index contributed by atoms with van der Waals surface area (Å²) >= 11 is 0. The van der Waals surface area contributed by atoms with Crippen molar-refractivity contribution in [2.45, 2.75) is 30.3 Å².